The zero-order valence-corrected chi connectivity index (χ0v) is 13.0. The quantitative estimate of drug-likeness (QED) is 0.878. The lowest BCUT2D eigenvalue weighted by Crippen LogP contribution is -2.17. The fraction of sp³-hybridized carbons (Fsp3) is 0.278. The fourth-order valence-electron chi connectivity index (χ4n) is 2.79. The zero-order chi connectivity index (χ0) is 16.4. The molecule has 2 atom stereocenters. The molecule has 1 N–H and O–H groups in total. The van der Waals surface area contributed by atoms with Crippen molar-refractivity contribution in [3.05, 3.63) is 53.6 Å². The molecule has 3 rings (SSSR count). The predicted octanol–water partition coefficient (Wildman–Crippen LogP) is 3.18. The Morgan fingerprint density at radius 2 is 1.96 bits per heavy atom. The van der Waals surface area contributed by atoms with Crippen LogP contribution < -0.4 is 9.47 Å². The summed E-state index contributed by atoms with van der Waals surface area (Å²) in [6.07, 6.45) is -0.281. The summed E-state index contributed by atoms with van der Waals surface area (Å²) in [6.45, 7) is 1.57. The smallest absolute Gasteiger partial charge is 0.302 e. The number of carbonyl (C=O) groups is 1. The van der Waals surface area contributed by atoms with E-state index in [-0.39, 0.29) is 30.3 Å². The van der Waals surface area contributed by atoms with E-state index in [0.29, 0.717) is 5.75 Å². The first-order valence-corrected chi connectivity index (χ1v) is 7.35. The van der Waals surface area contributed by atoms with Gasteiger partial charge in [0.1, 0.15) is 30.0 Å². The standard InChI is InChI=1S/C18H18O5/c1-11(19)22-10-16-15-9-13(20)5-8-17(15)23-18(16)12-3-6-14(21-2)7-4-12/h3-9,16,18,20H,10H2,1-2H3/t16-,18+/m0/s1. The predicted molar refractivity (Wildman–Crippen MR) is 83.8 cm³/mol. The molecule has 5 heteroatoms. The van der Waals surface area contributed by atoms with Crippen LogP contribution in [0.4, 0.5) is 0 Å². The number of hydrogen-bond acceptors (Lipinski definition) is 5. The largest absolute Gasteiger partial charge is 0.508 e. The van der Waals surface area contributed by atoms with Gasteiger partial charge in [-0.05, 0) is 35.9 Å². The summed E-state index contributed by atoms with van der Waals surface area (Å²) in [6, 6.07) is 12.6. The highest BCUT2D eigenvalue weighted by atomic mass is 16.5. The van der Waals surface area contributed by atoms with Crippen molar-refractivity contribution in [2.75, 3.05) is 13.7 Å². The van der Waals surface area contributed by atoms with Crippen molar-refractivity contribution in [2.45, 2.75) is 18.9 Å². The van der Waals surface area contributed by atoms with Gasteiger partial charge in [0.05, 0.1) is 13.0 Å². The number of esters is 1. The van der Waals surface area contributed by atoms with Gasteiger partial charge in [0, 0.05) is 12.5 Å². The van der Waals surface area contributed by atoms with Gasteiger partial charge in [-0.25, -0.2) is 0 Å². The van der Waals surface area contributed by atoms with Gasteiger partial charge in [-0.1, -0.05) is 12.1 Å². The highest BCUT2D eigenvalue weighted by Crippen LogP contribution is 2.47. The minimum absolute atomic E-state index is 0.163. The molecule has 2 aromatic carbocycles. The van der Waals surface area contributed by atoms with Crippen molar-refractivity contribution >= 4 is 5.97 Å². The molecular weight excluding hydrogens is 296 g/mol. The number of hydrogen-bond donors (Lipinski definition) is 1. The summed E-state index contributed by atoms with van der Waals surface area (Å²) in [5.41, 5.74) is 1.80. The number of fused-ring (bicyclic) bond motifs is 1. The van der Waals surface area contributed by atoms with Gasteiger partial charge in [-0.3, -0.25) is 4.79 Å². The summed E-state index contributed by atoms with van der Waals surface area (Å²) in [4.78, 5) is 11.2. The number of benzene rings is 2. The van der Waals surface area contributed by atoms with Crippen molar-refractivity contribution in [1.29, 1.82) is 0 Å². The lowest BCUT2D eigenvalue weighted by atomic mass is 9.91. The van der Waals surface area contributed by atoms with Gasteiger partial charge < -0.3 is 19.3 Å². The van der Waals surface area contributed by atoms with E-state index >= 15 is 0 Å². The van der Waals surface area contributed by atoms with Crippen LogP contribution in [0.3, 0.4) is 0 Å². The van der Waals surface area contributed by atoms with Gasteiger partial charge in [-0.2, -0.15) is 0 Å². The Bertz CT molecular complexity index is 708. The number of carbonyl (C=O) groups excluding carboxylic acids is 1. The third kappa shape index (κ3) is 3.08. The number of methoxy groups -OCH3 is 1. The van der Waals surface area contributed by atoms with Crippen LogP contribution in [0, 0.1) is 0 Å². The average molecular weight is 314 g/mol. The lowest BCUT2D eigenvalue weighted by molar-refractivity contribution is -0.141. The third-order valence-electron chi connectivity index (χ3n) is 3.92. The van der Waals surface area contributed by atoms with E-state index in [4.69, 9.17) is 14.2 Å². The van der Waals surface area contributed by atoms with Crippen molar-refractivity contribution in [3.8, 4) is 17.2 Å². The maximum Gasteiger partial charge on any atom is 0.302 e. The Morgan fingerprint density at radius 1 is 1.22 bits per heavy atom. The topological polar surface area (TPSA) is 65.0 Å². The second-order valence-electron chi connectivity index (χ2n) is 5.44. The maximum absolute atomic E-state index is 11.2. The van der Waals surface area contributed by atoms with Crippen LogP contribution in [0.5, 0.6) is 17.2 Å². The highest BCUT2D eigenvalue weighted by molar-refractivity contribution is 5.66. The molecule has 0 saturated carbocycles. The summed E-state index contributed by atoms with van der Waals surface area (Å²) >= 11 is 0. The van der Waals surface area contributed by atoms with E-state index in [1.165, 1.54) is 6.92 Å². The molecule has 0 bridgehead atoms. The number of aromatic hydroxyl groups is 1. The monoisotopic (exact) mass is 314 g/mol. The van der Waals surface area contributed by atoms with Gasteiger partial charge in [0.2, 0.25) is 0 Å². The van der Waals surface area contributed by atoms with Crippen molar-refractivity contribution in [2.24, 2.45) is 0 Å². The lowest BCUT2D eigenvalue weighted by Gasteiger charge is -2.19. The van der Waals surface area contributed by atoms with E-state index in [0.717, 1.165) is 16.9 Å². The molecule has 0 amide bonds. The van der Waals surface area contributed by atoms with Crippen LogP contribution in [0.2, 0.25) is 0 Å². The second kappa shape index (κ2) is 6.20. The van der Waals surface area contributed by atoms with Crippen LogP contribution in [0.25, 0.3) is 0 Å². The SMILES string of the molecule is COc1ccc([C@H]2Oc3ccc(O)cc3[C@@H]2COC(C)=O)cc1. The number of phenols is 1. The molecular formula is C18H18O5. The minimum atomic E-state index is -0.341. The molecule has 1 aliphatic rings. The fourth-order valence-corrected chi connectivity index (χ4v) is 2.79. The molecule has 0 aliphatic carbocycles. The van der Waals surface area contributed by atoms with E-state index in [2.05, 4.69) is 0 Å². The molecule has 1 aliphatic heterocycles. The molecule has 0 spiro atoms. The van der Waals surface area contributed by atoms with Crippen LogP contribution in [0.15, 0.2) is 42.5 Å². The number of rotatable bonds is 4. The highest BCUT2D eigenvalue weighted by Gasteiger charge is 2.36. The molecule has 2 aromatic rings. The Kier molecular flexibility index (Phi) is 4.10. The Morgan fingerprint density at radius 3 is 2.61 bits per heavy atom. The molecule has 23 heavy (non-hydrogen) atoms. The van der Waals surface area contributed by atoms with Crippen LogP contribution in [-0.4, -0.2) is 24.8 Å². The third-order valence-corrected chi connectivity index (χ3v) is 3.92. The second-order valence-corrected chi connectivity index (χ2v) is 5.44. The number of ether oxygens (including phenoxy) is 3. The first kappa shape index (κ1) is 15.2. The van der Waals surface area contributed by atoms with Gasteiger partial charge in [0.15, 0.2) is 0 Å². The molecule has 5 nitrogen and oxygen atoms in total. The van der Waals surface area contributed by atoms with Gasteiger partial charge in [-0.15, -0.1) is 0 Å². The minimum Gasteiger partial charge on any atom is -0.508 e. The molecule has 1 heterocycles. The van der Waals surface area contributed by atoms with E-state index in [1.54, 1.807) is 25.3 Å². The van der Waals surface area contributed by atoms with Crippen molar-refractivity contribution in [1.82, 2.24) is 0 Å². The summed E-state index contributed by atoms with van der Waals surface area (Å²) in [5, 5.41) is 9.74. The van der Waals surface area contributed by atoms with Crippen molar-refractivity contribution < 1.29 is 24.1 Å². The van der Waals surface area contributed by atoms with E-state index in [1.807, 2.05) is 24.3 Å². The molecule has 0 aromatic heterocycles. The normalized spacial score (nSPS) is 18.9. The molecule has 0 unspecified atom stereocenters. The molecule has 120 valence electrons. The van der Waals surface area contributed by atoms with Crippen LogP contribution in [-0.2, 0) is 9.53 Å². The average Bonchev–Trinajstić information content (AvgIpc) is 2.90. The molecule has 0 saturated heterocycles. The van der Waals surface area contributed by atoms with E-state index in [9.17, 15) is 9.90 Å². The number of phenolic OH excluding ortho intramolecular Hbond substituents is 1. The first-order valence-electron chi connectivity index (χ1n) is 7.35. The summed E-state index contributed by atoms with van der Waals surface area (Å²) in [5.74, 6) is 1.11. The summed E-state index contributed by atoms with van der Waals surface area (Å²) in [7, 11) is 1.61. The molecule has 0 radical (unpaired) electrons. The van der Waals surface area contributed by atoms with Crippen LogP contribution >= 0.6 is 0 Å². The first-order chi connectivity index (χ1) is 11.1. The zero-order valence-electron chi connectivity index (χ0n) is 13.0. The summed E-state index contributed by atoms with van der Waals surface area (Å²) < 4.78 is 16.4. The Balaban J connectivity index is 1.93. The van der Waals surface area contributed by atoms with Gasteiger partial charge >= 0.3 is 5.97 Å². The molecule has 0 fully saturated rings. The Hall–Kier alpha value is -2.69. The Labute approximate surface area is 134 Å². The maximum atomic E-state index is 11.2. The van der Waals surface area contributed by atoms with Crippen molar-refractivity contribution in [3.63, 3.8) is 0 Å². The van der Waals surface area contributed by atoms with Crippen LogP contribution in [0.1, 0.15) is 30.1 Å². The van der Waals surface area contributed by atoms with Gasteiger partial charge in [0.25, 0.3) is 0 Å². The van der Waals surface area contributed by atoms with E-state index < -0.39 is 0 Å².